The number of amides is 2. The van der Waals surface area contributed by atoms with Crippen molar-refractivity contribution in [2.45, 2.75) is 45.2 Å². The van der Waals surface area contributed by atoms with Crippen molar-refractivity contribution >= 4 is 17.5 Å². The van der Waals surface area contributed by atoms with Crippen LogP contribution in [0.2, 0.25) is 0 Å². The minimum absolute atomic E-state index is 0.0957. The number of hydrogen-bond acceptors (Lipinski definition) is 3. The number of carbonyl (C=O) groups is 2. The van der Waals surface area contributed by atoms with Crippen LogP contribution in [-0.4, -0.2) is 36.3 Å². The van der Waals surface area contributed by atoms with Gasteiger partial charge in [0.1, 0.15) is 0 Å². The highest BCUT2D eigenvalue weighted by Crippen LogP contribution is 2.21. The molecule has 0 bridgehead atoms. The highest BCUT2D eigenvalue weighted by Gasteiger charge is 2.21. The van der Waals surface area contributed by atoms with Crippen LogP contribution < -0.4 is 10.2 Å². The lowest BCUT2D eigenvalue weighted by Gasteiger charge is -2.26. The predicted octanol–water partition coefficient (Wildman–Crippen LogP) is 3.73. The molecule has 29 heavy (non-hydrogen) atoms. The Kier molecular flexibility index (Phi) is 6.25. The maximum Gasteiger partial charge on any atom is 0.251 e. The molecule has 2 aromatic rings. The molecule has 2 amide bonds. The summed E-state index contributed by atoms with van der Waals surface area (Å²) in [5.74, 6) is 0.0626. The number of likely N-dealkylation sites (tertiary alicyclic amines) is 1. The van der Waals surface area contributed by atoms with Gasteiger partial charge >= 0.3 is 0 Å². The largest absolute Gasteiger partial charge is 0.348 e. The smallest absolute Gasteiger partial charge is 0.251 e. The van der Waals surface area contributed by atoms with Gasteiger partial charge in [-0.2, -0.15) is 0 Å². The summed E-state index contributed by atoms with van der Waals surface area (Å²) in [6.07, 6.45) is 5.48. The van der Waals surface area contributed by atoms with Crippen LogP contribution in [0.25, 0.3) is 0 Å². The maximum atomic E-state index is 12.4. The van der Waals surface area contributed by atoms with Crippen LogP contribution in [0.15, 0.2) is 48.5 Å². The average molecular weight is 392 g/mol. The van der Waals surface area contributed by atoms with Gasteiger partial charge in [0.15, 0.2) is 0 Å². The van der Waals surface area contributed by atoms with E-state index in [0.29, 0.717) is 18.5 Å². The van der Waals surface area contributed by atoms with Crippen LogP contribution in [0.5, 0.6) is 0 Å². The first-order valence-corrected chi connectivity index (χ1v) is 10.7. The summed E-state index contributed by atoms with van der Waals surface area (Å²) in [5, 5.41) is 2.98. The molecule has 2 heterocycles. The molecule has 2 fully saturated rings. The van der Waals surface area contributed by atoms with E-state index in [-0.39, 0.29) is 11.8 Å². The molecule has 0 unspecified atom stereocenters. The Morgan fingerprint density at radius 2 is 1.52 bits per heavy atom. The lowest BCUT2D eigenvalue weighted by molar-refractivity contribution is -0.117. The zero-order valence-corrected chi connectivity index (χ0v) is 16.9. The molecule has 2 aliphatic heterocycles. The summed E-state index contributed by atoms with van der Waals surface area (Å²) in [6.45, 7) is 4.68. The van der Waals surface area contributed by atoms with Gasteiger partial charge in [-0.1, -0.05) is 30.7 Å². The summed E-state index contributed by atoms with van der Waals surface area (Å²) in [7, 11) is 0. The van der Waals surface area contributed by atoms with Crippen LogP contribution in [0.3, 0.4) is 0 Å². The second-order valence-corrected chi connectivity index (χ2v) is 8.03. The van der Waals surface area contributed by atoms with Crippen LogP contribution in [0.1, 0.15) is 53.6 Å². The quantitative estimate of drug-likeness (QED) is 0.816. The van der Waals surface area contributed by atoms with Gasteiger partial charge in [-0.15, -0.1) is 0 Å². The molecule has 1 N–H and O–H groups in total. The van der Waals surface area contributed by atoms with E-state index < -0.39 is 0 Å². The Labute approximate surface area is 172 Å². The summed E-state index contributed by atoms with van der Waals surface area (Å²) in [4.78, 5) is 28.6. The molecule has 2 saturated heterocycles. The van der Waals surface area contributed by atoms with Crippen LogP contribution >= 0.6 is 0 Å². The molecule has 0 aliphatic carbocycles. The molecule has 0 aromatic heterocycles. The van der Waals surface area contributed by atoms with Crippen molar-refractivity contribution in [1.82, 2.24) is 10.2 Å². The third kappa shape index (κ3) is 5.04. The summed E-state index contributed by atoms with van der Waals surface area (Å²) < 4.78 is 0. The summed E-state index contributed by atoms with van der Waals surface area (Å²) in [5.41, 5.74) is 3.91. The minimum atomic E-state index is -0.0957. The number of benzene rings is 2. The van der Waals surface area contributed by atoms with Gasteiger partial charge in [-0.25, -0.2) is 0 Å². The normalized spacial score (nSPS) is 17.5. The molecule has 152 valence electrons. The molecule has 0 radical (unpaired) electrons. The fraction of sp³-hybridized carbons (Fsp3) is 0.417. The Hall–Kier alpha value is -2.66. The van der Waals surface area contributed by atoms with E-state index in [1.165, 1.54) is 37.9 Å². The third-order valence-corrected chi connectivity index (χ3v) is 5.85. The van der Waals surface area contributed by atoms with Crippen molar-refractivity contribution in [3.63, 3.8) is 0 Å². The lowest BCUT2D eigenvalue weighted by atomic mass is 10.1. The van der Waals surface area contributed by atoms with Gasteiger partial charge in [0, 0.05) is 37.3 Å². The van der Waals surface area contributed by atoms with Crippen LogP contribution in [0, 0.1) is 0 Å². The van der Waals surface area contributed by atoms with Crippen LogP contribution in [0.4, 0.5) is 5.69 Å². The minimum Gasteiger partial charge on any atom is -0.348 e. The zero-order valence-electron chi connectivity index (χ0n) is 16.9. The molecule has 2 aliphatic rings. The Morgan fingerprint density at radius 1 is 0.828 bits per heavy atom. The predicted molar refractivity (Wildman–Crippen MR) is 115 cm³/mol. The lowest BCUT2D eigenvalue weighted by Crippen LogP contribution is -2.29. The molecular formula is C24H29N3O2. The Bertz CT molecular complexity index is 839. The topological polar surface area (TPSA) is 52.7 Å². The van der Waals surface area contributed by atoms with Gasteiger partial charge in [0.2, 0.25) is 5.91 Å². The van der Waals surface area contributed by atoms with Gasteiger partial charge in [0.25, 0.3) is 5.91 Å². The molecule has 0 atom stereocenters. The molecule has 5 heteroatoms. The van der Waals surface area contributed by atoms with E-state index >= 15 is 0 Å². The van der Waals surface area contributed by atoms with Crippen molar-refractivity contribution in [3.8, 4) is 0 Å². The SMILES string of the molecule is O=C(NCc1ccc(CN2CCCCC2)cc1)c1ccc(N2CCCC2=O)cc1. The average Bonchev–Trinajstić information content (AvgIpc) is 3.20. The third-order valence-electron chi connectivity index (χ3n) is 5.85. The van der Waals surface area contributed by atoms with E-state index in [2.05, 4.69) is 34.5 Å². The van der Waals surface area contributed by atoms with Crippen molar-refractivity contribution in [2.75, 3.05) is 24.5 Å². The fourth-order valence-corrected chi connectivity index (χ4v) is 4.14. The first-order chi connectivity index (χ1) is 14.2. The van der Waals surface area contributed by atoms with Gasteiger partial charge in [0.05, 0.1) is 0 Å². The number of nitrogens with one attached hydrogen (secondary N) is 1. The number of hydrogen-bond donors (Lipinski definition) is 1. The highest BCUT2D eigenvalue weighted by molar-refractivity contribution is 5.97. The Balaban J connectivity index is 1.28. The van der Waals surface area contributed by atoms with Crippen molar-refractivity contribution in [1.29, 1.82) is 0 Å². The molecule has 0 spiro atoms. The first kappa shape index (κ1) is 19.6. The summed E-state index contributed by atoms with van der Waals surface area (Å²) in [6, 6.07) is 15.8. The van der Waals surface area contributed by atoms with E-state index in [1.54, 1.807) is 17.0 Å². The van der Waals surface area contributed by atoms with E-state index in [4.69, 9.17) is 0 Å². The molecule has 4 rings (SSSR count). The number of carbonyl (C=O) groups excluding carboxylic acids is 2. The van der Waals surface area contributed by atoms with Crippen molar-refractivity contribution in [3.05, 3.63) is 65.2 Å². The second kappa shape index (κ2) is 9.23. The molecule has 2 aromatic carbocycles. The molecule has 5 nitrogen and oxygen atoms in total. The molecular weight excluding hydrogens is 362 g/mol. The van der Waals surface area contributed by atoms with Crippen molar-refractivity contribution in [2.24, 2.45) is 0 Å². The van der Waals surface area contributed by atoms with Crippen LogP contribution in [-0.2, 0) is 17.9 Å². The van der Waals surface area contributed by atoms with Gasteiger partial charge in [-0.3, -0.25) is 14.5 Å². The fourth-order valence-electron chi connectivity index (χ4n) is 4.14. The second-order valence-electron chi connectivity index (χ2n) is 8.03. The van der Waals surface area contributed by atoms with E-state index in [0.717, 1.165) is 30.8 Å². The number of piperidine rings is 1. The summed E-state index contributed by atoms with van der Waals surface area (Å²) >= 11 is 0. The van der Waals surface area contributed by atoms with Crippen molar-refractivity contribution < 1.29 is 9.59 Å². The first-order valence-electron chi connectivity index (χ1n) is 10.7. The maximum absolute atomic E-state index is 12.4. The standard InChI is InChI=1S/C24H29N3O2/c28-23-5-4-16-27(23)22-12-10-21(11-13-22)24(29)25-17-19-6-8-20(9-7-19)18-26-14-2-1-3-15-26/h6-13H,1-5,14-18H2,(H,25,29). The van der Waals surface area contributed by atoms with Gasteiger partial charge < -0.3 is 10.2 Å². The number of anilines is 1. The zero-order chi connectivity index (χ0) is 20.1. The van der Waals surface area contributed by atoms with Gasteiger partial charge in [-0.05, 0) is 67.7 Å². The number of nitrogens with zero attached hydrogens (tertiary/aromatic N) is 2. The van der Waals surface area contributed by atoms with E-state index in [9.17, 15) is 9.59 Å². The highest BCUT2D eigenvalue weighted by atomic mass is 16.2. The Morgan fingerprint density at radius 3 is 2.17 bits per heavy atom. The number of rotatable bonds is 6. The monoisotopic (exact) mass is 391 g/mol. The van der Waals surface area contributed by atoms with E-state index in [1.807, 2.05) is 12.1 Å². The molecule has 0 saturated carbocycles.